The maximum atomic E-state index is 11.3. The Hall–Kier alpha value is -1.07. The SMILES string of the molecule is CC1(CNC/C=C/CNC(=O)OC(C)(C)C)COC1. The van der Waals surface area contributed by atoms with Crippen molar-refractivity contribution in [2.45, 2.75) is 33.3 Å². The molecule has 1 saturated heterocycles. The summed E-state index contributed by atoms with van der Waals surface area (Å²) in [5, 5.41) is 6.02. The number of hydrogen-bond donors (Lipinski definition) is 2. The molecular formula is C14H26N2O3. The van der Waals surface area contributed by atoms with Crippen LogP contribution < -0.4 is 10.6 Å². The fraction of sp³-hybridized carbons (Fsp3) is 0.786. The van der Waals surface area contributed by atoms with Gasteiger partial charge in [0, 0.05) is 25.0 Å². The molecule has 1 amide bonds. The van der Waals surface area contributed by atoms with Gasteiger partial charge in [0.25, 0.3) is 0 Å². The maximum absolute atomic E-state index is 11.3. The smallest absolute Gasteiger partial charge is 0.407 e. The summed E-state index contributed by atoms with van der Waals surface area (Å²) in [5.74, 6) is 0. The third kappa shape index (κ3) is 7.18. The minimum absolute atomic E-state index is 0.294. The number of rotatable bonds is 6. The second-order valence-corrected chi connectivity index (χ2v) is 6.29. The Kier molecular flexibility index (Phi) is 5.82. The van der Waals surface area contributed by atoms with Crippen LogP contribution in [0.3, 0.4) is 0 Å². The van der Waals surface area contributed by atoms with Gasteiger partial charge in [0.05, 0.1) is 13.2 Å². The molecule has 0 aromatic carbocycles. The van der Waals surface area contributed by atoms with Crippen molar-refractivity contribution in [2.24, 2.45) is 5.41 Å². The second-order valence-electron chi connectivity index (χ2n) is 6.29. The fourth-order valence-corrected chi connectivity index (χ4v) is 1.63. The van der Waals surface area contributed by atoms with Gasteiger partial charge in [-0.15, -0.1) is 0 Å². The number of amides is 1. The average molecular weight is 270 g/mol. The Morgan fingerprint density at radius 1 is 1.32 bits per heavy atom. The summed E-state index contributed by atoms with van der Waals surface area (Å²) in [6, 6.07) is 0. The molecule has 0 radical (unpaired) electrons. The molecule has 1 heterocycles. The summed E-state index contributed by atoms with van der Waals surface area (Å²) in [6.07, 6.45) is 3.53. The zero-order valence-corrected chi connectivity index (χ0v) is 12.4. The van der Waals surface area contributed by atoms with Gasteiger partial charge in [-0.25, -0.2) is 4.79 Å². The molecule has 19 heavy (non-hydrogen) atoms. The van der Waals surface area contributed by atoms with Crippen molar-refractivity contribution in [1.82, 2.24) is 10.6 Å². The van der Waals surface area contributed by atoms with Gasteiger partial charge < -0.3 is 20.1 Å². The Labute approximate surface area is 115 Å². The van der Waals surface area contributed by atoms with Crippen LogP contribution in [0.15, 0.2) is 12.2 Å². The van der Waals surface area contributed by atoms with E-state index in [4.69, 9.17) is 9.47 Å². The van der Waals surface area contributed by atoms with E-state index in [1.807, 2.05) is 32.9 Å². The first-order valence-electron chi connectivity index (χ1n) is 6.71. The van der Waals surface area contributed by atoms with E-state index in [0.29, 0.717) is 12.0 Å². The molecule has 110 valence electrons. The summed E-state index contributed by atoms with van der Waals surface area (Å²) in [6.45, 7) is 11.6. The molecule has 5 heteroatoms. The molecule has 1 rings (SSSR count). The van der Waals surface area contributed by atoms with E-state index in [-0.39, 0.29) is 6.09 Å². The highest BCUT2D eigenvalue weighted by molar-refractivity contribution is 5.67. The molecule has 1 aliphatic heterocycles. The van der Waals surface area contributed by atoms with Crippen LogP contribution in [-0.4, -0.2) is 44.5 Å². The minimum atomic E-state index is -0.449. The Morgan fingerprint density at radius 2 is 1.95 bits per heavy atom. The number of carbonyl (C=O) groups is 1. The lowest BCUT2D eigenvalue weighted by Crippen LogP contribution is -2.47. The molecule has 0 aliphatic carbocycles. The molecule has 0 aromatic heterocycles. The first-order chi connectivity index (χ1) is 8.81. The van der Waals surface area contributed by atoms with E-state index in [9.17, 15) is 4.79 Å². The van der Waals surface area contributed by atoms with Crippen molar-refractivity contribution in [3.8, 4) is 0 Å². The molecular weight excluding hydrogens is 244 g/mol. The maximum Gasteiger partial charge on any atom is 0.407 e. The number of nitrogens with one attached hydrogen (secondary N) is 2. The summed E-state index contributed by atoms with van der Waals surface area (Å²) >= 11 is 0. The van der Waals surface area contributed by atoms with Gasteiger partial charge in [-0.1, -0.05) is 19.1 Å². The highest BCUT2D eigenvalue weighted by Crippen LogP contribution is 2.24. The predicted molar refractivity (Wildman–Crippen MR) is 75.2 cm³/mol. The Bertz CT molecular complexity index is 317. The quantitative estimate of drug-likeness (QED) is 0.569. The van der Waals surface area contributed by atoms with Crippen molar-refractivity contribution in [1.29, 1.82) is 0 Å². The standard InChI is InChI=1S/C14H26N2O3/c1-13(2,3)19-12(17)16-8-6-5-7-15-9-14(4)10-18-11-14/h5-6,15H,7-11H2,1-4H3,(H,16,17)/b6-5+. The zero-order chi connectivity index (χ0) is 14.4. The molecule has 1 aliphatic rings. The van der Waals surface area contributed by atoms with E-state index >= 15 is 0 Å². The van der Waals surface area contributed by atoms with Crippen molar-refractivity contribution in [3.05, 3.63) is 12.2 Å². The van der Waals surface area contributed by atoms with Crippen LogP contribution in [0.2, 0.25) is 0 Å². The average Bonchev–Trinajstić information content (AvgIpc) is 2.23. The van der Waals surface area contributed by atoms with Crippen LogP contribution in [0, 0.1) is 5.41 Å². The number of ether oxygens (including phenoxy) is 2. The van der Waals surface area contributed by atoms with Gasteiger partial charge in [0.2, 0.25) is 0 Å². The van der Waals surface area contributed by atoms with Crippen LogP contribution in [0.4, 0.5) is 4.79 Å². The molecule has 5 nitrogen and oxygen atoms in total. The van der Waals surface area contributed by atoms with E-state index in [1.54, 1.807) is 0 Å². The van der Waals surface area contributed by atoms with Gasteiger partial charge in [-0.05, 0) is 20.8 Å². The summed E-state index contributed by atoms with van der Waals surface area (Å²) in [4.78, 5) is 11.3. The highest BCUT2D eigenvalue weighted by Gasteiger charge is 2.32. The first-order valence-corrected chi connectivity index (χ1v) is 6.71. The molecule has 0 atom stereocenters. The third-order valence-corrected chi connectivity index (χ3v) is 2.64. The van der Waals surface area contributed by atoms with Crippen molar-refractivity contribution in [3.63, 3.8) is 0 Å². The highest BCUT2D eigenvalue weighted by atomic mass is 16.6. The van der Waals surface area contributed by atoms with E-state index in [1.165, 1.54) is 0 Å². The number of alkyl carbamates (subject to hydrolysis) is 1. The lowest BCUT2D eigenvalue weighted by atomic mass is 9.89. The molecule has 2 N–H and O–H groups in total. The van der Waals surface area contributed by atoms with Crippen LogP contribution in [-0.2, 0) is 9.47 Å². The van der Waals surface area contributed by atoms with Gasteiger partial charge in [0.1, 0.15) is 5.60 Å². The molecule has 0 aromatic rings. The van der Waals surface area contributed by atoms with Gasteiger partial charge >= 0.3 is 6.09 Å². The topological polar surface area (TPSA) is 59.6 Å². The van der Waals surface area contributed by atoms with Crippen molar-refractivity contribution < 1.29 is 14.3 Å². The molecule has 0 saturated carbocycles. The molecule has 0 bridgehead atoms. The van der Waals surface area contributed by atoms with Crippen LogP contribution in [0.25, 0.3) is 0 Å². The summed E-state index contributed by atoms with van der Waals surface area (Å²) in [5.41, 5.74) is -0.155. The van der Waals surface area contributed by atoms with E-state index < -0.39 is 5.60 Å². The Balaban J connectivity index is 2.00. The predicted octanol–water partition coefficient (Wildman–Crippen LogP) is 1.69. The van der Waals surface area contributed by atoms with Crippen molar-refractivity contribution in [2.75, 3.05) is 32.8 Å². The molecule has 0 spiro atoms. The second kappa shape index (κ2) is 6.91. The molecule has 0 unspecified atom stereocenters. The van der Waals surface area contributed by atoms with Gasteiger partial charge in [0.15, 0.2) is 0 Å². The Morgan fingerprint density at radius 3 is 2.47 bits per heavy atom. The zero-order valence-electron chi connectivity index (χ0n) is 12.4. The summed E-state index contributed by atoms with van der Waals surface area (Å²) in [7, 11) is 0. The fourth-order valence-electron chi connectivity index (χ4n) is 1.63. The first kappa shape index (κ1) is 16.0. The van der Waals surface area contributed by atoms with Crippen molar-refractivity contribution >= 4 is 6.09 Å². The summed E-state index contributed by atoms with van der Waals surface area (Å²) < 4.78 is 10.3. The number of carbonyl (C=O) groups excluding carboxylic acids is 1. The van der Waals surface area contributed by atoms with Gasteiger partial charge in [-0.2, -0.15) is 0 Å². The van der Waals surface area contributed by atoms with Crippen LogP contribution in [0.1, 0.15) is 27.7 Å². The van der Waals surface area contributed by atoms with Crippen LogP contribution in [0.5, 0.6) is 0 Å². The monoisotopic (exact) mass is 270 g/mol. The largest absolute Gasteiger partial charge is 0.444 e. The lowest BCUT2D eigenvalue weighted by molar-refractivity contribution is -0.0986. The third-order valence-electron chi connectivity index (χ3n) is 2.64. The lowest BCUT2D eigenvalue weighted by Gasteiger charge is -2.38. The van der Waals surface area contributed by atoms with E-state index in [0.717, 1.165) is 26.3 Å². The normalized spacial score (nSPS) is 18.1. The van der Waals surface area contributed by atoms with E-state index in [2.05, 4.69) is 17.6 Å². The number of hydrogen-bond acceptors (Lipinski definition) is 4. The van der Waals surface area contributed by atoms with Gasteiger partial charge in [-0.3, -0.25) is 0 Å². The molecule has 1 fully saturated rings. The minimum Gasteiger partial charge on any atom is -0.444 e. The van der Waals surface area contributed by atoms with Crippen LogP contribution >= 0.6 is 0 Å².